The molecule has 0 heterocycles. The van der Waals surface area contributed by atoms with E-state index in [0.29, 0.717) is 19.7 Å². The fraction of sp³-hybridized carbons (Fsp3) is 0.333. The summed E-state index contributed by atoms with van der Waals surface area (Å²) in [7, 11) is 0. The van der Waals surface area contributed by atoms with Crippen molar-refractivity contribution in [1.82, 2.24) is 4.90 Å². The van der Waals surface area contributed by atoms with Crippen LogP contribution in [0.5, 0.6) is 5.75 Å². The van der Waals surface area contributed by atoms with E-state index in [-0.39, 0.29) is 13.1 Å². The van der Waals surface area contributed by atoms with Crippen molar-refractivity contribution >= 4 is 0 Å². The normalized spacial score (nSPS) is 9.20. The fourth-order valence-electron chi connectivity index (χ4n) is 1.49. The Bertz CT molecular complexity index is 526. The lowest BCUT2D eigenvalue weighted by Crippen LogP contribution is -2.29. The summed E-state index contributed by atoms with van der Waals surface area (Å²) in [4.78, 5) is 1.72. The van der Waals surface area contributed by atoms with Crippen LogP contribution in [-0.2, 0) is 0 Å². The van der Waals surface area contributed by atoms with Gasteiger partial charge in [-0.1, -0.05) is 11.8 Å². The van der Waals surface area contributed by atoms with E-state index in [2.05, 4.69) is 11.8 Å². The Labute approximate surface area is 119 Å². The van der Waals surface area contributed by atoms with Crippen LogP contribution in [0.15, 0.2) is 24.3 Å². The highest BCUT2D eigenvalue weighted by Gasteiger charge is 2.03. The van der Waals surface area contributed by atoms with E-state index < -0.39 is 0 Å². The Hall–Kier alpha value is -2.52. The zero-order valence-corrected chi connectivity index (χ0v) is 11.2. The summed E-state index contributed by atoms with van der Waals surface area (Å²) in [5, 5.41) is 17.2. The number of rotatable bonds is 6. The lowest BCUT2D eigenvalue weighted by atomic mass is 10.2. The molecule has 2 N–H and O–H groups in total. The van der Waals surface area contributed by atoms with Gasteiger partial charge < -0.3 is 10.5 Å². The van der Waals surface area contributed by atoms with E-state index in [0.717, 1.165) is 11.3 Å². The minimum absolute atomic E-state index is 0.227. The second-order valence-electron chi connectivity index (χ2n) is 3.91. The standard InChI is InChI=1S/C15H16N4O/c16-7-1-2-14-3-5-15(6-4-14)20-13-12-19(10-8-17)11-9-18/h3-6H,7,10-13,16H2. The first kappa shape index (κ1) is 15.5. The van der Waals surface area contributed by atoms with E-state index >= 15 is 0 Å². The number of hydrogen-bond acceptors (Lipinski definition) is 5. The van der Waals surface area contributed by atoms with Gasteiger partial charge in [0.1, 0.15) is 12.4 Å². The summed E-state index contributed by atoms with van der Waals surface area (Å²) >= 11 is 0. The molecule has 0 atom stereocenters. The molecule has 20 heavy (non-hydrogen) atoms. The van der Waals surface area contributed by atoms with Crippen molar-refractivity contribution in [2.24, 2.45) is 5.73 Å². The molecule has 5 heteroatoms. The Morgan fingerprint density at radius 3 is 2.30 bits per heavy atom. The molecule has 0 aromatic heterocycles. The largest absolute Gasteiger partial charge is 0.492 e. The maximum absolute atomic E-state index is 8.62. The van der Waals surface area contributed by atoms with Crippen LogP contribution in [0.2, 0.25) is 0 Å². The Balaban J connectivity index is 2.42. The molecule has 0 saturated carbocycles. The molecular formula is C15H16N4O. The van der Waals surface area contributed by atoms with Gasteiger partial charge in [0.25, 0.3) is 0 Å². The number of nitrogens with zero attached hydrogens (tertiary/aromatic N) is 3. The molecule has 1 rings (SSSR count). The molecule has 0 radical (unpaired) electrons. The molecule has 0 aliphatic carbocycles. The van der Waals surface area contributed by atoms with Crippen molar-refractivity contribution < 1.29 is 4.74 Å². The van der Waals surface area contributed by atoms with Gasteiger partial charge in [-0.2, -0.15) is 10.5 Å². The third-order valence-electron chi connectivity index (χ3n) is 2.45. The van der Waals surface area contributed by atoms with Crippen molar-refractivity contribution in [3.63, 3.8) is 0 Å². The minimum atomic E-state index is 0.227. The quantitative estimate of drug-likeness (QED) is 0.607. The summed E-state index contributed by atoms with van der Waals surface area (Å²) in [6, 6.07) is 11.4. The van der Waals surface area contributed by atoms with E-state index in [1.807, 2.05) is 36.4 Å². The molecule has 0 unspecified atom stereocenters. The van der Waals surface area contributed by atoms with Gasteiger partial charge in [0.2, 0.25) is 0 Å². The molecule has 0 amide bonds. The lowest BCUT2D eigenvalue weighted by Gasteiger charge is -2.15. The van der Waals surface area contributed by atoms with Crippen molar-refractivity contribution in [3.8, 4) is 29.7 Å². The first-order valence-corrected chi connectivity index (χ1v) is 6.18. The van der Waals surface area contributed by atoms with Gasteiger partial charge in [0.15, 0.2) is 0 Å². The molecule has 0 aliphatic rings. The molecule has 102 valence electrons. The summed E-state index contributed by atoms with van der Waals surface area (Å²) in [5.74, 6) is 6.44. The van der Waals surface area contributed by atoms with Crippen LogP contribution >= 0.6 is 0 Å². The Kier molecular flexibility index (Phi) is 7.31. The molecule has 0 bridgehead atoms. The van der Waals surface area contributed by atoms with Crippen LogP contribution in [0.25, 0.3) is 0 Å². The predicted molar refractivity (Wildman–Crippen MR) is 75.5 cm³/mol. The zero-order chi connectivity index (χ0) is 14.6. The molecule has 0 spiro atoms. The number of hydrogen-bond donors (Lipinski definition) is 1. The Morgan fingerprint density at radius 2 is 1.75 bits per heavy atom. The number of ether oxygens (including phenoxy) is 1. The van der Waals surface area contributed by atoms with E-state index in [4.69, 9.17) is 21.0 Å². The van der Waals surface area contributed by atoms with E-state index in [1.54, 1.807) is 4.90 Å². The van der Waals surface area contributed by atoms with Gasteiger partial charge in [-0.15, -0.1) is 0 Å². The zero-order valence-electron chi connectivity index (χ0n) is 11.2. The third-order valence-corrected chi connectivity index (χ3v) is 2.45. The third kappa shape index (κ3) is 5.89. The van der Waals surface area contributed by atoms with Crippen LogP contribution in [0.1, 0.15) is 5.56 Å². The maximum Gasteiger partial charge on any atom is 0.119 e. The average Bonchev–Trinajstić information content (AvgIpc) is 2.47. The molecule has 1 aromatic carbocycles. The smallest absolute Gasteiger partial charge is 0.119 e. The van der Waals surface area contributed by atoms with Gasteiger partial charge >= 0.3 is 0 Å². The monoisotopic (exact) mass is 268 g/mol. The topological polar surface area (TPSA) is 86.1 Å². The highest BCUT2D eigenvalue weighted by Crippen LogP contribution is 2.11. The number of nitrogens with two attached hydrogens (primary N) is 1. The lowest BCUT2D eigenvalue weighted by molar-refractivity contribution is 0.239. The summed E-state index contributed by atoms with van der Waals surface area (Å²) in [6.45, 7) is 1.76. The van der Waals surface area contributed by atoms with E-state index in [9.17, 15) is 0 Å². The SMILES string of the molecule is N#CCN(CC#N)CCOc1ccc(C#CCN)cc1. The molecule has 0 aliphatic heterocycles. The maximum atomic E-state index is 8.62. The number of nitriles is 2. The van der Waals surface area contributed by atoms with Crippen LogP contribution in [0.4, 0.5) is 0 Å². The first-order valence-electron chi connectivity index (χ1n) is 6.18. The van der Waals surface area contributed by atoms with Gasteiger partial charge in [0.05, 0.1) is 31.8 Å². The first-order chi connectivity index (χ1) is 9.80. The van der Waals surface area contributed by atoms with Crippen LogP contribution in [-0.4, -0.2) is 37.7 Å². The van der Waals surface area contributed by atoms with Gasteiger partial charge in [-0.05, 0) is 24.3 Å². The predicted octanol–water partition coefficient (Wildman–Crippen LogP) is 0.725. The van der Waals surface area contributed by atoms with Gasteiger partial charge in [-0.25, -0.2) is 0 Å². The Morgan fingerprint density at radius 1 is 1.10 bits per heavy atom. The van der Waals surface area contributed by atoms with Crippen LogP contribution < -0.4 is 10.5 Å². The molecule has 5 nitrogen and oxygen atoms in total. The van der Waals surface area contributed by atoms with Crippen molar-refractivity contribution in [3.05, 3.63) is 29.8 Å². The second kappa shape index (κ2) is 9.42. The summed E-state index contributed by atoms with van der Waals surface area (Å²) in [6.07, 6.45) is 0. The number of benzene rings is 1. The summed E-state index contributed by atoms with van der Waals surface area (Å²) in [5.41, 5.74) is 6.19. The fourth-order valence-corrected chi connectivity index (χ4v) is 1.49. The second-order valence-corrected chi connectivity index (χ2v) is 3.91. The highest BCUT2D eigenvalue weighted by atomic mass is 16.5. The van der Waals surface area contributed by atoms with Crippen molar-refractivity contribution in [2.45, 2.75) is 0 Å². The molecule has 0 fully saturated rings. The van der Waals surface area contributed by atoms with Crippen molar-refractivity contribution in [2.75, 3.05) is 32.8 Å². The van der Waals surface area contributed by atoms with E-state index in [1.165, 1.54) is 0 Å². The van der Waals surface area contributed by atoms with Gasteiger partial charge in [0, 0.05) is 12.1 Å². The van der Waals surface area contributed by atoms with Crippen molar-refractivity contribution in [1.29, 1.82) is 10.5 Å². The molecule has 0 saturated heterocycles. The molecule has 1 aromatic rings. The molecular weight excluding hydrogens is 252 g/mol. The summed E-state index contributed by atoms with van der Waals surface area (Å²) < 4.78 is 5.56. The minimum Gasteiger partial charge on any atom is -0.492 e. The van der Waals surface area contributed by atoms with Crippen LogP contribution in [0, 0.1) is 34.5 Å². The average molecular weight is 268 g/mol. The highest BCUT2D eigenvalue weighted by molar-refractivity contribution is 5.38. The van der Waals surface area contributed by atoms with Gasteiger partial charge in [-0.3, -0.25) is 4.90 Å². The van der Waals surface area contributed by atoms with Crippen LogP contribution in [0.3, 0.4) is 0 Å².